The molecule has 1 N–H and O–H groups in total. The van der Waals surface area contributed by atoms with E-state index in [1.54, 1.807) is 7.05 Å². The summed E-state index contributed by atoms with van der Waals surface area (Å²) in [5.74, 6) is 0.748. The van der Waals surface area contributed by atoms with Crippen LogP contribution in [0.15, 0.2) is 4.34 Å². The molecule has 1 fully saturated rings. The third-order valence-corrected chi connectivity index (χ3v) is 6.32. The molecule has 1 aromatic rings. The first-order valence-corrected chi connectivity index (χ1v) is 10.1. The van der Waals surface area contributed by atoms with E-state index in [4.69, 9.17) is 0 Å². The summed E-state index contributed by atoms with van der Waals surface area (Å²) in [6, 6.07) is 0. The molecule has 0 radical (unpaired) electrons. The molecule has 0 saturated carbocycles. The summed E-state index contributed by atoms with van der Waals surface area (Å²) < 4.78 is 0.795. The average molecular weight is 372 g/mol. The molecule has 7 nitrogen and oxygen atoms in total. The molecule has 0 spiro atoms. The van der Waals surface area contributed by atoms with Crippen molar-refractivity contribution < 1.29 is 9.59 Å². The van der Waals surface area contributed by atoms with Crippen LogP contribution < -0.4 is 10.2 Å². The van der Waals surface area contributed by atoms with Crippen LogP contribution in [0.4, 0.5) is 5.13 Å². The number of thioether (sulfide) groups is 1. The first-order chi connectivity index (χ1) is 11.6. The average Bonchev–Trinajstić information content (AvgIpc) is 3.09. The van der Waals surface area contributed by atoms with Crippen molar-refractivity contribution in [1.29, 1.82) is 0 Å². The van der Waals surface area contributed by atoms with Gasteiger partial charge >= 0.3 is 0 Å². The fourth-order valence-electron chi connectivity index (χ4n) is 2.60. The van der Waals surface area contributed by atoms with E-state index in [0.29, 0.717) is 5.75 Å². The minimum atomic E-state index is -0.0229. The molecule has 0 aliphatic carbocycles. The number of piperazine rings is 1. The molecule has 1 saturated heterocycles. The van der Waals surface area contributed by atoms with Crippen molar-refractivity contribution in [3.8, 4) is 0 Å². The maximum atomic E-state index is 12.4. The van der Waals surface area contributed by atoms with Crippen molar-refractivity contribution in [2.75, 3.05) is 43.9 Å². The van der Waals surface area contributed by atoms with E-state index in [0.717, 1.165) is 48.5 Å². The lowest BCUT2D eigenvalue weighted by atomic mass is 10.0. The Morgan fingerprint density at radius 2 is 1.88 bits per heavy atom. The molecule has 1 aromatic heterocycles. The zero-order valence-corrected chi connectivity index (χ0v) is 16.1. The van der Waals surface area contributed by atoms with E-state index in [1.807, 2.05) is 4.90 Å². The minimum absolute atomic E-state index is 0.0229. The topological polar surface area (TPSA) is 78.4 Å². The lowest BCUT2D eigenvalue weighted by Gasteiger charge is -2.35. The van der Waals surface area contributed by atoms with Gasteiger partial charge in [0.15, 0.2) is 4.34 Å². The van der Waals surface area contributed by atoms with Gasteiger partial charge in [0.1, 0.15) is 0 Å². The predicted molar refractivity (Wildman–Crippen MR) is 97.6 cm³/mol. The zero-order valence-electron chi connectivity index (χ0n) is 14.4. The maximum absolute atomic E-state index is 12.4. The van der Waals surface area contributed by atoms with E-state index >= 15 is 0 Å². The highest BCUT2D eigenvalue weighted by molar-refractivity contribution is 8.01. The number of hydrogen-bond acceptors (Lipinski definition) is 7. The third-order valence-electron chi connectivity index (χ3n) is 4.20. The summed E-state index contributed by atoms with van der Waals surface area (Å²) in [7, 11) is 1.62. The van der Waals surface area contributed by atoms with Gasteiger partial charge in [-0.3, -0.25) is 9.59 Å². The molecule has 0 aromatic carbocycles. The summed E-state index contributed by atoms with van der Waals surface area (Å²) >= 11 is 2.89. The number of amides is 2. The lowest BCUT2D eigenvalue weighted by molar-refractivity contribution is -0.136. The number of anilines is 1. The highest BCUT2D eigenvalue weighted by Gasteiger charge is 2.26. The van der Waals surface area contributed by atoms with Crippen molar-refractivity contribution in [1.82, 2.24) is 20.4 Å². The normalized spacial score (nSPS) is 15.0. The number of carbonyl (C=O) groups excluding carboxylic acids is 2. The molecule has 1 aliphatic heterocycles. The number of nitrogens with one attached hydrogen (secondary N) is 1. The lowest BCUT2D eigenvalue weighted by Crippen LogP contribution is -2.50. The second kappa shape index (κ2) is 9.22. The highest BCUT2D eigenvalue weighted by Crippen LogP contribution is 2.28. The molecule has 0 atom stereocenters. The summed E-state index contributed by atoms with van der Waals surface area (Å²) in [4.78, 5) is 27.8. The van der Waals surface area contributed by atoms with Gasteiger partial charge in [0.05, 0.1) is 5.75 Å². The summed E-state index contributed by atoms with van der Waals surface area (Å²) in [6.45, 7) is 7.16. The van der Waals surface area contributed by atoms with Crippen LogP contribution in [0.2, 0.25) is 0 Å². The predicted octanol–water partition coefficient (Wildman–Crippen LogP) is 1.46. The van der Waals surface area contributed by atoms with Gasteiger partial charge in [0.25, 0.3) is 0 Å². The molecule has 0 unspecified atom stereocenters. The van der Waals surface area contributed by atoms with Gasteiger partial charge in [-0.2, -0.15) is 0 Å². The smallest absolute Gasteiger partial charge is 0.230 e. The Bertz CT molecular complexity index is 554. The highest BCUT2D eigenvalue weighted by atomic mass is 32.2. The van der Waals surface area contributed by atoms with Gasteiger partial charge in [0.2, 0.25) is 16.9 Å². The molecule has 9 heteroatoms. The Balaban J connectivity index is 1.85. The van der Waals surface area contributed by atoms with Crippen molar-refractivity contribution in [3.63, 3.8) is 0 Å². The molecule has 1 aliphatic rings. The maximum Gasteiger partial charge on any atom is 0.230 e. The van der Waals surface area contributed by atoms with Crippen molar-refractivity contribution >= 4 is 40.0 Å². The summed E-state index contributed by atoms with van der Waals surface area (Å²) in [5.41, 5.74) is 0. The number of carbonyl (C=O) groups is 2. The van der Waals surface area contributed by atoms with E-state index in [1.165, 1.54) is 23.1 Å². The van der Waals surface area contributed by atoms with E-state index in [-0.39, 0.29) is 17.7 Å². The Morgan fingerprint density at radius 1 is 1.21 bits per heavy atom. The Kier molecular flexibility index (Phi) is 7.29. The second-order valence-corrected chi connectivity index (χ2v) is 7.82. The molecular weight excluding hydrogens is 346 g/mol. The zero-order chi connectivity index (χ0) is 17.5. The third kappa shape index (κ3) is 4.83. The quantitative estimate of drug-likeness (QED) is 0.731. The first-order valence-electron chi connectivity index (χ1n) is 8.29. The minimum Gasteiger partial charge on any atom is -0.358 e. The number of rotatable bonds is 7. The van der Waals surface area contributed by atoms with E-state index < -0.39 is 0 Å². The van der Waals surface area contributed by atoms with Crippen molar-refractivity contribution in [2.24, 2.45) is 5.92 Å². The standard InChI is InChI=1S/C15H25N5O2S2/c1-4-11(5-2)13(22)19-6-8-20(9-7-19)14-17-18-15(24-14)23-10-12(21)16-3/h11H,4-10H2,1-3H3,(H,16,21). The van der Waals surface area contributed by atoms with Crippen molar-refractivity contribution in [3.05, 3.63) is 0 Å². The fraction of sp³-hybridized carbons (Fsp3) is 0.733. The van der Waals surface area contributed by atoms with Crippen LogP contribution >= 0.6 is 23.1 Å². The van der Waals surface area contributed by atoms with Gasteiger partial charge in [0, 0.05) is 39.1 Å². The Morgan fingerprint density at radius 3 is 2.46 bits per heavy atom. The number of hydrogen-bond donors (Lipinski definition) is 1. The molecular formula is C15H25N5O2S2. The molecule has 2 rings (SSSR count). The van der Waals surface area contributed by atoms with Gasteiger partial charge in [-0.25, -0.2) is 0 Å². The summed E-state index contributed by atoms with van der Waals surface area (Å²) in [5, 5.41) is 11.8. The molecule has 24 heavy (non-hydrogen) atoms. The van der Waals surface area contributed by atoms with Crippen LogP contribution in [0.5, 0.6) is 0 Å². The van der Waals surface area contributed by atoms with E-state index in [2.05, 4.69) is 34.3 Å². The Labute approximate surface area is 151 Å². The van der Waals surface area contributed by atoms with Crippen LogP contribution in [0.1, 0.15) is 26.7 Å². The van der Waals surface area contributed by atoms with E-state index in [9.17, 15) is 9.59 Å². The molecule has 0 bridgehead atoms. The summed E-state index contributed by atoms with van der Waals surface area (Å²) in [6.07, 6.45) is 1.80. The monoisotopic (exact) mass is 371 g/mol. The van der Waals surface area contributed by atoms with Crippen LogP contribution in [0.25, 0.3) is 0 Å². The van der Waals surface area contributed by atoms with Crippen LogP contribution in [-0.2, 0) is 9.59 Å². The van der Waals surface area contributed by atoms with Gasteiger partial charge < -0.3 is 15.1 Å². The first kappa shape index (κ1) is 19.0. The Hall–Kier alpha value is -1.35. The number of aromatic nitrogens is 2. The second-order valence-electron chi connectivity index (χ2n) is 5.64. The van der Waals surface area contributed by atoms with Crippen molar-refractivity contribution in [2.45, 2.75) is 31.0 Å². The largest absolute Gasteiger partial charge is 0.358 e. The molecule has 2 heterocycles. The van der Waals surface area contributed by atoms with Gasteiger partial charge in [-0.15, -0.1) is 10.2 Å². The molecule has 2 amide bonds. The van der Waals surface area contributed by atoms with Gasteiger partial charge in [-0.1, -0.05) is 36.9 Å². The fourth-order valence-corrected chi connectivity index (χ4v) is 4.37. The van der Waals surface area contributed by atoms with Crippen LogP contribution in [0.3, 0.4) is 0 Å². The van der Waals surface area contributed by atoms with Crippen LogP contribution in [0, 0.1) is 5.92 Å². The number of nitrogens with zero attached hydrogens (tertiary/aromatic N) is 4. The molecule has 134 valence electrons. The van der Waals surface area contributed by atoms with Crippen LogP contribution in [-0.4, -0.2) is 65.9 Å². The SMILES string of the molecule is CCC(CC)C(=O)N1CCN(c2nnc(SCC(=O)NC)s2)CC1. The van der Waals surface area contributed by atoms with Gasteiger partial charge in [-0.05, 0) is 12.8 Å².